The van der Waals surface area contributed by atoms with Gasteiger partial charge < -0.3 is 4.42 Å². The molecule has 0 spiro atoms. The Balaban J connectivity index is 1.01. The molecule has 0 saturated carbocycles. The SMILES string of the molecule is CC1(C)c2c(cc(-c3ccc(-c4c5ccccc5c(-c5ccc6oc7ccccc7c6c5)c5ccccc45)cc3)c3ccccc23)-c2c1c1ccccc1c1ccccc21. The van der Waals surface area contributed by atoms with Crippen molar-refractivity contribution < 1.29 is 4.42 Å². The Kier molecular flexibility index (Phi) is 6.85. The molecule has 0 saturated heterocycles. The Labute approximate surface area is 347 Å². The minimum atomic E-state index is -0.178. The first-order valence-electron chi connectivity index (χ1n) is 21.0. The molecule has 11 aromatic carbocycles. The summed E-state index contributed by atoms with van der Waals surface area (Å²) in [5.41, 5.74) is 14.7. The van der Waals surface area contributed by atoms with Gasteiger partial charge in [-0.15, -0.1) is 0 Å². The van der Waals surface area contributed by atoms with Gasteiger partial charge in [0.1, 0.15) is 11.2 Å². The summed E-state index contributed by atoms with van der Waals surface area (Å²) in [6.07, 6.45) is 0. The molecule has 0 radical (unpaired) electrons. The first-order chi connectivity index (χ1) is 29.5. The smallest absolute Gasteiger partial charge is 0.135 e. The minimum absolute atomic E-state index is 0.178. The fourth-order valence-corrected chi connectivity index (χ4v) is 11.1. The lowest BCUT2D eigenvalue weighted by molar-refractivity contribution is 0.669. The highest BCUT2D eigenvalue weighted by molar-refractivity contribution is 6.23. The highest BCUT2D eigenvalue weighted by Gasteiger charge is 2.40. The van der Waals surface area contributed by atoms with Crippen LogP contribution in [-0.2, 0) is 5.41 Å². The average Bonchev–Trinajstić information content (AvgIpc) is 3.79. The van der Waals surface area contributed by atoms with E-state index >= 15 is 0 Å². The van der Waals surface area contributed by atoms with Crippen molar-refractivity contribution in [1.82, 2.24) is 0 Å². The summed E-state index contributed by atoms with van der Waals surface area (Å²) in [5, 5.41) is 15.2. The van der Waals surface area contributed by atoms with Gasteiger partial charge in [0, 0.05) is 16.2 Å². The number of fused-ring (bicyclic) bond motifs is 15. The largest absolute Gasteiger partial charge is 0.456 e. The molecule has 12 aromatic rings. The molecule has 280 valence electrons. The van der Waals surface area contributed by atoms with Gasteiger partial charge in [-0.2, -0.15) is 0 Å². The first kappa shape index (κ1) is 33.5. The number of benzene rings is 11. The van der Waals surface area contributed by atoms with E-state index in [2.05, 4.69) is 202 Å². The van der Waals surface area contributed by atoms with Crippen LogP contribution in [0.1, 0.15) is 25.0 Å². The lowest BCUT2D eigenvalue weighted by Gasteiger charge is -2.25. The van der Waals surface area contributed by atoms with Gasteiger partial charge >= 0.3 is 0 Å². The second kappa shape index (κ2) is 12.3. The molecule has 1 nitrogen and oxygen atoms in total. The van der Waals surface area contributed by atoms with Gasteiger partial charge in [-0.05, 0) is 134 Å². The summed E-state index contributed by atoms with van der Waals surface area (Å²) < 4.78 is 6.24. The van der Waals surface area contributed by atoms with E-state index in [9.17, 15) is 0 Å². The number of rotatable bonds is 3. The van der Waals surface area contributed by atoms with Crippen LogP contribution in [0.2, 0.25) is 0 Å². The zero-order valence-corrected chi connectivity index (χ0v) is 33.4. The molecule has 1 heteroatoms. The third-order valence-electron chi connectivity index (χ3n) is 13.6. The quantitative estimate of drug-likeness (QED) is 0.129. The van der Waals surface area contributed by atoms with Crippen LogP contribution < -0.4 is 0 Å². The monoisotopic (exact) mass is 762 g/mol. The molecule has 0 N–H and O–H groups in total. The standard InChI is InChI=1S/C59H38O/c1-59(2)57-47-24-11-5-17-40(47)49(34-51(57)56-42-19-6-3-15-38(42)39-16-4-12-25-48(39)58(56)59)35-27-29-36(30-28-35)54-43-20-7-9-22-45(43)55(46-23-10-8-21-44(46)54)37-31-32-53-50(33-37)41-18-13-14-26-52(41)60-53/h3-34H,1-2H3. The van der Waals surface area contributed by atoms with Gasteiger partial charge in [0.15, 0.2) is 0 Å². The van der Waals surface area contributed by atoms with Crippen molar-refractivity contribution >= 4 is 75.8 Å². The highest BCUT2D eigenvalue weighted by Crippen LogP contribution is 2.58. The summed E-state index contributed by atoms with van der Waals surface area (Å²) in [7, 11) is 0. The van der Waals surface area contributed by atoms with Crippen molar-refractivity contribution in [3.8, 4) is 44.5 Å². The van der Waals surface area contributed by atoms with Crippen LogP contribution in [0, 0.1) is 0 Å². The Hall–Kier alpha value is -7.48. The Morgan fingerprint density at radius 1 is 0.283 bits per heavy atom. The van der Waals surface area contributed by atoms with Crippen molar-refractivity contribution in [2.75, 3.05) is 0 Å². The summed E-state index contributed by atoms with van der Waals surface area (Å²) in [4.78, 5) is 0. The van der Waals surface area contributed by atoms with Gasteiger partial charge in [0.25, 0.3) is 0 Å². The molecule has 1 heterocycles. The molecule has 1 aliphatic rings. The van der Waals surface area contributed by atoms with E-state index in [1.807, 2.05) is 6.07 Å². The van der Waals surface area contributed by atoms with Crippen LogP contribution in [0.5, 0.6) is 0 Å². The summed E-state index contributed by atoms with van der Waals surface area (Å²) >= 11 is 0. The van der Waals surface area contributed by atoms with Gasteiger partial charge in [0.2, 0.25) is 0 Å². The number of hydrogen-bond acceptors (Lipinski definition) is 1. The van der Waals surface area contributed by atoms with E-state index in [1.165, 1.54) is 109 Å². The minimum Gasteiger partial charge on any atom is -0.456 e. The van der Waals surface area contributed by atoms with E-state index < -0.39 is 0 Å². The van der Waals surface area contributed by atoms with Crippen LogP contribution in [0.15, 0.2) is 199 Å². The molecular weight excluding hydrogens is 725 g/mol. The van der Waals surface area contributed by atoms with Crippen LogP contribution >= 0.6 is 0 Å². The number of hydrogen-bond donors (Lipinski definition) is 0. The predicted molar refractivity (Wildman–Crippen MR) is 255 cm³/mol. The summed E-state index contributed by atoms with van der Waals surface area (Å²) in [6, 6.07) is 71.8. The third kappa shape index (κ3) is 4.52. The zero-order chi connectivity index (χ0) is 39.7. The lowest BCUT2D eigenvalue weighted by Crippen LogP contribution is -2.16. The zero-order valence-electron chi connectivity index (χ0n) is 33.4. The molecule has 0 fully saturated rings. The van der Waals surface area contributed by atoms with E-state index in [1.54, 1.807) is 0 Å². The summed E-state index contributed by atoms with van der Waals surface area (Å²) in [6.45, 7) is 4.86. The molecule has 0 atom stereocenters. The molecular formula is C59H38O. The van der Waals surface area contributed by atoms with E-state index in [0.29, 0.717) is 0 Å². The van der Waals surface area contributed by atoms with Crippen molar-refractivity contribution in [3.63, 3.8) is 0 Å². The topological polar surface area (TPSA) is 13.1 Å². The molecule has 1 aromatic heterocycles. The maximum Gasteiger partial charge on any atom is 0.135 e. The molecule has 0 amide bonds. The van der Waals surface area contributed by atoms with Crippen LogP contribution in [0.4, 0.5) is 0 Å². The fourth-order valence-electron chi connectivity index (χ4n) is 11.1. The van der Waals surface area contributed by atoms with Gasteiger partial charge in [-0.3, -0.25) is 0 Å². The molecule has 1 aliphatic carbocycles. The molecule has 13 rings (SSSR count). The Bertz CT molecular complexity index is 3730. The van der Waals surface area contributed by atoms with Crippen molar-refractivity contribution in [3.05, 3.63) is 205 Å². The second-order valence-corrected chi connectivity index (χ2v) is 17.1. The molecule has 60 heavy (non-hydrogen) atoms. The van der Waals surface area contributed by atoms with Crippen LogP contribution in [0.25, 0.3) is 120 Å². The fraction of sp³-hybridized carbons (Fsp3) is 0.0508. The van der Waals surface area contributed by atoms with Crippen LogP contribution in [-0.4, -0.2) is 0 Å². The first-order valence-corrected chi connectivity index (χ1v) is 21.0. The highest BCUT2D eigenvalue weighted by atomic mass is 16.3. The number of para-hydroxylation sites is 1. The van der Waals surface area contributed by atoms with Gasteiger partial charge in [-0.25, -0.2) is 0 Å². The normalized spacial score (nSPS) is 13.3. The van der Waals surface area contributed by atoms with Crippen molar-refractivity contribution in [2.45, 2.75) is 19.3 Å². The third-order valence-corrected chi connectivity index (χ3v) is 13.6. The number of furan rings is 1. The second-order valence-electron chi connectivity index (χ2n) is 17.1. The maximum absolute atomic E-state index is 6.24. The van der Waals surface area contributed by atoms with E-state index in [0.717, 1.165) is 21.9 Å². The van der Waals surface area contributed by atoms with Gasteiger partial charge in [0.05, 0.1) is 0 Å². The van der Waals surface area contributed by atoms with Crippen molar-refractivity contribution in [2.24, 2.45) is 0 Å². The van der Waals surface area contributed by atoms with Gasteiger partial charge in [-0.1, -0.05) is 184 Å². The van der Waals surface area contributed by atoms with E-state index in [4.69, 9.17) is 4.42 Å². The van der Waals surface area contributed by atoms with Crippen LogP contribution in [0.3, 0.4) is 0 Å². The molecule has 0 aliphatic heterocycles. The summed E-state index contributed by atoms with van der Waals surface area (Å²) in [5.74, 6) is 0. The Morgan fingerprint density at radius 3 is 1.32 bits per heavy atom. The predicted octanol–water partition coefficient (Wildman–Crippen LogP) is 16.7. The van der Waals surface area contributed by atoms with E-state index in [-0.39, 0.29) is 5.41 Å². The maximum atomic E-state index is 6.24. The average molecular weight is 763 g/mol. The Morgan fingerprint density at radius 2 is 0.700 bits per heavy atom. The van der Waals surface area contributed by atoms with Crippen molar-refractivity contribution in [1.29, 1.82) is 0 Å². The lowest BCUT2D eigenvalue weighted by atomic mass is 9.77. The molecule has 0 unspecified atom stereocenters. The molecule has 0 bridgehead atoms.